The van der Waals surface area contributed by atoms with Gasteiger partial charge >= 0.3 is 0 Å². The molecule has 0 saturated carbocycles. The third-order valence-corrected chi connectivity index (χ3v) is 1.83. The van der Waals surface area contributed by atoms with Crippen molar-refractivity contribution in [3.05, 3.63) is 0 Å². The van der Waals surface area contributed by atoms with Crippen LogP contribution in [0.25, 0.3) is 0 Å². The summed E-state index contributed by atoms with van der Waals surface area (Å²) in [4.78, 5) is 0. The molecule has 9 heavy (non-hydrogen) atoms. The van der Waals surface area contributed by atoms with Gasteiger partial charge in [0.2, 0.25) is 0 Å². The molecule has 1 rings (SSSR count). The Morgan fingerprint density at radius 2 is 1.89 bits per heavy atom. The molecule has 0 radical (unpaired) electrons. The van der Waals surface area contributed by atoms with Gasteiger partial charge in [0.1, 0.15) is 0 Å². The smallest absolute Gasteiger partial charge is 0.0125 e. The van der Waals surface area contributed by atoms with Gasteiger partial charge in [0.15, 0.2) is 0 Å². The molecule has 0 amide bonds. The van der Waals surface area contributed by atoms with Crippen LogP contribution in [0.3, 0.4) is 0 Å². The monoisotopic (exact) mass is 145 g/mol. The lowest BCUT2D eigenvalue weighted by Gasteiger charge is -2.30. The zero-order chi connectivity index (χ0) is 6.04. The largest absolute Gasteiger partial charge is 0.312 e. The normalized spacial score (nSPS) is 24.7. The third-order valence-electron chi connectivity index (χ3n) is 1.83. The van der Waals surface area contributed by atoms with Gasteiger partial charge in [0.25, 0.3) is 0 Å². The Balaban J connectivity index is 0.000000640. The number of piperidine rings is 1. The Bertz CT molecular complexity index is 73.0. The number of hydrogen-bond donors (Lipinski definition) is 1. The van der Waals surface area contributed by atoms with E-state index in [0.717, 1.165) is 0 Å². The summed E-state index contributed by atoms with van der Waals surface area (Å²) in [5.41, 5.74) is 0.429. The maximum atomic E-state index is 3.46. The molecule has 1 fully saturated rings. The van der Waals surface area contributed by atoms with Crippen molar-refractivity contribution in [1.29, 1.82) is 0 Å². The van der Waals surface area contributed by atoms with Gasteiger partial charge in [-0.15, -0.1) is 0 Å². The average molecular weight is 145 g/mol. The Kier molecular flexibility index (Phi) is 3.44. The van der Waals surface area contributed by atoms with Crippen molar-refractivity contribution >= 4 is 11.0 Å². The second-order valence-electron chi connectivity index (χ2n) is 3.27. The summed E-state index contributed by atoms with van der Waals surface area (Å²) in [5.74, 6) is 0. The first-order valence-corrected chi connectivity index (χ1v) is 3.46. The van der Waals surface area contributed by atoms with Crippen molar-refractivity contribution in [2.24, 2.45) is 0 Å². The SMILES string of the molecule is CC1(C)CCCCN1.[SiH4]. The molecule has 56 valence electrons. The summed E-state index contributed by atoms with van der Waals surface area (Å²) in [5, 5.41) is 3.46. The Hall–Kier alpha value is 0.177. The molecule has 0 aromatic rings. The van der Waals surface area contributed by atoms with E-state index in [1.165, 1.54) is 25.8 Å². The van der Waals surface area contributed by atoms with Crippen LogP contribution in [0.2, 0.25) is 0 Å². The molecule has 1 aliphatic heterocycles. The van der Waals surface area contributed by atoms with Crippen molar-refractivity contribution in [3.63, 3.8) is 0 Å². The Labute approximate surface area is 62.2 Å². The van der Waals surface area contributed by atoms with E-state index in [1.54, 1.807) is 0 Å². The topological polar surface area (TPSA) is 12.0 Å². The van der Waals surface area contributed by atoms with E-state index in [2.05, 4.69) is 19.2 Å². The lowest BCUT2D eigenvalue weighted by atomic mass is 9.93. The van der Waals surface area contributed by atoms with Crippen LogP contribution in [-0.4, -0.2) is 23.0 Å². The number of rotatable bonds is 0. The third kappa shape index (κ3) is 3.01. The summed E-state index contributed by atoms with van der Waals surface area (Å²) < 4.78 is 0. The minimum Gasteiger partial charge on any atom is -0.312 e. The van der Waals surface area contributed by atoms with Crippen molar-refractivity contribution in [1.82, 2.24) is 5.32 Å². The predicted octanol–water partition coefficient (Wildman–Crippen LogP) is 0.0869. The molecular weight excluding hydrogens is 126 g/mol. The van der Waals surface area contributed by atoms with Crippen LogP contribution in [0.4, 0.5) is 0 Å². The zero-order valence-corrected chi connectivity index (χ0v) is 5.83. The lowest BCUT2D eigenvalue weighted by molar-refractivity contribution is 0.304. The average Bonchev–Trinajstić information content (AvgIpc) is 1.65. The molecule has 0 unspecified atom stereocenters. The highest BCUT2D eigenvalue weighted by atomic mass is 28.1. The van der Waals surface area contributed by atoms with Gasteiger partial charge in [-0.1, -0.05) is 6.42 Å². The molecule has 1 saturated heterocycles. The van der Waals surface area contributed by atoms with Gasteiger partial charge in [0, 0.05) is 5.54 Å². The minimum absolute atomic E-state index is 0. The van der Waals surface area contributed by atoms with E-state index < -0.39 is 0 Å². The molecule has 0 aromatic carbocycles. The van der Waals surface area contributed by atoms with Crippen LogP contribution in [0.15, 0.2) is 0 Å². The van der Waals surface area contributed by atoms with E-state index in [9.17, 15) is 0 Å². The Morgan fingerprint density at radius 3 is 2.11 bits per heavy atom. The molecule has 1 nitrogen and oxygen atoms in total. The maximum Gasteiger partial charge on any atom is 0.0125 e. The van der Waals surface area contributed by atoms with Gasteiger partial charge in [0.05, 0.1) is 0 Å². The van der Waals surface area contributed by atoms with Gasteiger partial charge in [-0.3, -0.25) is 0 Å². The van der Waals surface area contributed by atoms with Gasteiger partial charge < -0.3 is 5.32 Å². The van der Waals surface area contributed by atoms with Gasteiger partial charge in [-0.25, -0.2) is 0 Å². The molecule has 1 N–H and O–H groups in total. The molecular formula is C7H19NSi. The highest BCUT2D eigenvalue weighted by Crippen LogP contribution is 2.16. The van der Waals surface area contributed by atoms with Gasteiger partial charge in [-0.2, -0.15) is 0 Å². The number of hydrogen-bond acceptors (Lipinski definition) is 1. The highest BCUT2D eigenvalue weighted by Gasteiger charge is 2.18. The summed E-state index contributed by atoms with van der Waals surface area (Å²) in [6, 6.07) is 0. The molecule has 0 atom stereocenters. The lowest BCUT2D eigenvalue weighted by Crippen LogP contribution is -2.42. The quantitative estimate of drug-likeness (QED) is 0.476. The fourth-order valence-electron chi connectivity index (χ4n) is 1.21. The highest BCUT2D eigenvalue weighted by molar-refractivity contribution is 5.75. The van der Waals surface area contributed by atoms with Crippen molar-refractivity contribution in [2.75, 3.05) is 6.54 Å². The molecule has 0 aliphatic carbocycles. The van der Waals surface area contributed by atoms with Gasteiger partial charge in [-0.05, 0) is 44.2 Å². The van der Waals surface area contributed by atoms with Crippen molar-refractivity contribution < 1.29 is 0 Å². The summed E-state index contributed by atoms with van der Waals surface area (Å²) in [7, 11) is 0. The van der Waals surface area contributed by atoms with Crippen LogP contribution in [0.1, 0.15) is 33.1 Å². The zero-order valence-electron chi connectivity index (χ0n) is 5.83. The fraction of sp³-hybridized carbons (Fsp3) is 1.00. The first-order chi connectivity index (χ1) is 3.71. The molecule has 0 aromatic heterocycles. The van der Waals surface area contributed by atoms with Crippen LogP contribution in [0.5, 0.6) is 0 Å². The van der Waals surface area contributed by atoms with E-state index >= 15 is 0 Å². The Morgan fingerprint density at radius 1 is 1.22 bits per heavy atom. The molecule has 2 heteroatoms. The van der Waals surface area contributed by atoms with Crippen LogP contribution in [0, 0.1) is 0 Å². The van der Waals surface area contributed by atoms with Crippen LogP contribution >= 0.6 is 0 Å². The van der Waals surface area contributed by atoms with Crippen LogP contribution < -0.4 is 5.32 Å². The standard InChI is InChI=1S/C7H15N.H4Si/c1-7(2)5-3-4-6-8-7;/h8H,3-6H2,1-2H3;1H4. The van der Waals surface area contributed by atoms with Crippen molar-refractivity contribution in [3.8, 4) is 0 Å². The molecule has 0 spiro atoms. The molecule has 1 heterocycles. The molecule has 1 aliphatic rings. The predicted molar refractivity (Wildman–Crippen MR) is 47.3 cm³/mol. The van der Waals surface area contributed by atoms with Crippen molar-refractivity contribution in [2.45, 2.75) is 38.6 Å². The van der Waals surface area contributed by atoms with E-state index in [0.29, 0.717) is 5.54 Å². The first-order valence-electron chi connectivity index (χ1n) is 3.46. The minimum atomic E-state index is 0. The fourth-order valence-corrected chi connectivity index (χ4v) is 1.21. The second kappa shape index (κ2) is 3.37. The van der Waals surface area contributed by atoms with E-state index in [1.807, 2.05) is 0 Å². The number of nitrogens with one attached hydrogen (secondary N) is 1. The maximum absolute atomic E-state index is 3.46. The van der Waals surface area contributed by atoms with Crippen LogP contribution in [-0.2, 0) is 0 Å². The van der Waals surface area contributed by atoms with E-state index in [4.69, 9.17) is 0 Å². The summed E-state index contributed by atoms with van der Waals surface area (Å²) in [6.07, 6.45) is 4.11. The molecule has 0 bridgehead atoms. The summed E-state index contributed by atoms with van der Waals surface area (Å²) >= 11 is 0. The second-order valence-corrected chi connectivity index (χ2v) is 3.27. The first kappa shape index (κ1) is 9.18. The van der Waals surface area contributed by atoms with E-state index in [-0.39, 0.29) is 11.0 Å². The summed E-state index contributed by atoms with van der Waals surface area (Å²) in [6.45, 7) is 5.76.